The average molecular weight is 356 g/mol. The van der Waals surface area contributed by atoms with Gasteiger partial charge in [-0.2, -0.15) is 0 Å². The predicted molar refractivity (Wildman–Crippen MR) is 98.9 cm³/mol. The van der Waals surface area contributed by atoms with Gasteiger partial charge in [0.25, 0.3) is 0 Å². The fourth-order valence-corrected chi connectivity index (χ4v) is 4.46. The van der Waals surface area contributed by atoms with Crippen LogP contribution in [0.4, 0.5) is 0 Å². The number of hydrogen-bond donors (Lipinski definition) is 2. The first-order valence-corrected chi connectivity index (χ1v) is 9.35. The van der Waals surface area contributed by atoms with Crippen LogP contribution < -0.4 is 0 Å². The number of nitrogens with one attached hydrogen (secondary N) is 1. The summed E-state index contributed by atoms with van der Waals surface area (Å²) in [4.78, 5) is 20.0. The quantitative estimate of drug-likeness (QED) is 0.863. The van der Waals surface area contributed by atoms with Crippen molar-refractivity contribution in [2.24, 2.45) is 0 Å². The second-order valence-corrected chi connectivity index (χ2v) is 7.45. The minimum atomic E-state index is 0.210. The second-order valence-electron chi connectivity index (χ2n) is 6.42. The minimum Gasteiger partial charge on any atom is -0.510 e. The Labute approximate surface area is 149 Å². The topological polar surface area (TPSA) is 80.5 Å². The van der Waals surface area contributed by atoms with Gasteiger partial charge in [0, 0.05) is 26.1 Å². The predicted octanol–water partition coefficient (Wildman–Crippen LogP) is 2.87. The van der Waals surface area contributed by atoms with Crippen molar-refractivity contribution in [3.63, 3.8) is 0 Å². The van der Waals surface area contributed by atoms with Crippen molar-refractivity contribution in [2.75, 3.05) is 26.2 Å². The van der Waals surface area contributed by atoms with Crippen molar-refractivity contribution in [3.05, 3.63) is 35.0 Å². The van der Waals surface area contributed by atoms with Crippen LogP contribution in [0, 0.1) is 5.41 Å². The maximum Gasteiger partial charge on any atom is 0.222 e. The third kappa shape index (κ3) is 3.00. The van der Waals surface area contributed by atoms with E-state index in [1.54, 1.807) is 0 Å². The summed E-state index contributed by atoms with van der Waals surface area (Å²) in [5.74, 6) is 0.762. The Kier molecular flexibility index (Phi) is 4.17. The molecule has 0 unspecified atom stereocenters. The highest BCUT2D eigenvalue weighted by Crippen LogP contribution is 2.33. The number of nitrogens with zero attached hydrogens (tertiary/aromatic N) is 3. The van der Waals surface area contributed by atoms with Crippen LogP contribution in [0.5, 0.6) is 0 Å². The van der Waals surface area contributed by atoms with Gasteiger partial charge in [0.2, 0.25) is 5.91 Å². The average Bonchev–Trinajstić information content (AvgIpc) is 3.26. The van der Waals surface area contributed by atoms with E-state index in [4.69, 9.17) is 5.41 Å². The summed E-state index contributed by atoms with van der Waals surface area (Å²) in [6.07, 6.45) is 2.40. The van der Waals surface area contributed by atoms with Gasteiger partial charge in [-0.25, -0.2) is 4.98 Å². The molecule has 0 bridgehead atoms. The summed E-state index contributed by atoms with van der Waals surface area (Å²) in [5, 5.41) is 19.5. The highest BCUT2D eigenvalue weighted by molar-refractivity contribution is 7.19. The fraction of sp³-hybridized carbons (Fsp3) is 0.389. The number of amides is 1. The van der Waals surface area contributed by atoms with Gasteiger partial charge >= 0.3 is 0 Å². The van der Waals surface area contributed by atoms with E-state index in [0.717, 1.165) is 36.1 Å². The summed E-state index contributed by atoms with van der Waals surface area (Å²) < 4.78 is 1.05. The van der Waals surface area contributed by atoms with Gasteiger partial charge in [0.15, 0.2) is 0 Å². The number of carbonyl (C=O) groups is 1. The van der Waals surface area contributed by atoms with Crippen LogP contribution in [0.15, 0.2) is 30.0 Å². The Morgan fingerprint density at radius 2 is 2.04 bits per heavy atom. The molecule has 2 aromatic rings. The number of likely N-dealkylation sites (tertiary alicyclic amines) is 1. The Hall–Kier alpha value is -2.41. The molecule has 1 amide bonds. The molecule has 7 heteroatoms. The molecule has 1 aromatic heterocycles. The molecular weight excluding hydrogens is 336 g/mol. The standard InChI is InChI=1S/C18H20N4O2S/c19-17-16(18-20-12-5-1-2-6-14(12)25-18)13(23)11-22(17)10-4-9-21-8-3-7-15(21)24/h1-2,5-6,19,23H,3-4,7-11H2. The molecule has 1 fully saturated rings. The number of carbonyl (C=O) groups excluding carboxylic acids is 1. The number of aliphatic hydroxyl groups is 1. The number of benzene rings is 1. The first-order chi connectivity index (χ1) is 12.1. The molecule has 0 spiro atoms. The molecule has 2 aliphatic rings. The van der Waals surface area contributed by atoms with Crippen molar-refractivity contribution >= 4 is 38.9 Å². The van der Waals surface area contributed by atoms with Crippen LogP contribution in [0.2, 0.25) is 0 Å². The van der Waals surface area contributed by atoms with Gasteiger partial charge in [-0.1, -0.05) is 12.1 Å². The Morgan fingerprint density at radius 3 is 2.80 bits per heavy atom. The van der Waals surface area contributed by atoms with Gasteiger partial charge in [-0.3, -0.25) is 10.2 Å². The largest absolute Gasteiger partial charge is 0.510 e. The van der Waals surface area contributed by atoms with Crippen LogP contribution in [0.25, 0.3) is 15.8 Å². The van der Waals surface area contributed by atoms with Crippen molar-refractivity contribution in [1.82, 2.24) is 14.8 Å². The number of amidine groups is 1. The molecule has 6 nitrogen and oxygen atoms in total. The van der Waals surface area contributed by atoms with Crippen molar-refractivity contribution < 1.29 is 9.90 Å². The zero-order valence-corrected chi connectivity index (χ0v) is 14.7. The van der Waals surface area contributed by atoms with Gasteiger partial charge in [0.1, 0.15) is 16.6 Å². The Morgan fingerprint density at radius 1 is 1.24 bits per heavy atom. The molecule has 0 radical (unpaired) electrons. The number of thiazole rings is 1. The summed E-state index contributed by atoms with van der Waals surface area (Å²) in [6, 6.07) is 7.84. The lowest BCUT2D eigenvalue weighted by molar-refractivity contribution is -0.127. The highest BCUT2D eigenvalue weighted by atomic mass is 32.1. The number of aromatic nitrogens is 1. The van der Waals surface area contributed by atoms with Crippen LogP contribution >= 0.6 is 11.3 Å². The molecule has 3 heterocycles. The summed E-state index contributed by atoms with van der Waals surface area (Å²) in [5.41, 5.74) is 1.43. The van der Waals surface area contributed by atoms with Gasteiger partial charge < -0.3 is 14.9 Å². The maximum absolute atomic E-state index is 11.7. The lowest BCUT2D eigenvalue weighted by atomic mass is 10.2. The third-order valence-corrected chi connectivity index (χ3v) is 5.77. The second kappa shape index (κ2) is 6.48. The SMILES string of the molecule is N=C1C(c2nc3ccccc3s2)=C(O)CN1CCCN1CCCC1=O. The van der Waals surface area contributed by atoms with Crippen LogP contribution in [-0.2, 0) is 4.79 Å². The Bertz CT molecular complexity index is 840. The summed E-state index contributed by atoms with van der Waals surface area (Å²) in [6.45, 7) is 2.57. The number of para-hydroxylation sites is 1. The summed E-state index contributed by atoms with van der Waals surface area (Å²) in [7, 11) is 0. The molecule has 1 saturated heterocycles. The van der Waals surface area contributed by atoms with Gasteiger partial charge in [-0.15, -0.1) is 11.3 Å². The molecule has 2 N–H and O–H groups in total. The molecule has 0 aliphatic carbocycles. The number of hydrogen-bond acceptors (Lipinski definition) is 5. The minimum absolute atomic E-state index is 0.210. The number of fused-ring (bicyclic) bond motifs is 1. The molecule has 130 valence electrons. The molecule has 0 atom stereocenters. The van der Waals surface area contributed by atoms with Crippen molar-refractivity contribution in [3.8, 4) is 0 Å². The van der Waals surface area contributed by atoms with E-state index < -0.39 is 0 Å². The van der Waals surface area contributed by atoms with E-state index in [1.165, 1.54) is 11.3 Å². The van der Waals surface area contributed by atoms with Crippen LogP contribution in [0.3, 0.4) is 0 Å². The molecule has 1 aromatic carbocycles. The lowest BCUT2D eigenvalue weighted by Gasteiger charge is -2.21. The lowest BCUT2D eigenvalue weighted by Crippen LogP contribution is -2.32. The fourth-order valence-electron chi connectivity index (χ4n) is 3.42. The summed E-state index contributed by atoms with van der Waals surface area (Å²) >= 11 is 1.50. The molecule has 4 rings (SSSR count). The van der Waals surface area contributed by atoms with E-state index in [1.807, 2.05) is 34.1 Å². The third-order valence-electron chi connectivity index (χ3n) is 4.72. The number of rotatable bonds is 5. The van der Waals surface area contributed by atoms with Crippen molar-refractivity contribution in [2.45, 2.75) is 19.3 Å². The van der Waals surface area contributed by atoms with E-state index in [0.29, 0.717) is 35.9 Å². The zero-order chi connectivity index (χ0) is 17.4. The zero-order valence-electron chi connectivity index (χ0n) is 13.9. The first-order valence-electron chi connectivity index (χ1n) is 8.53. The normalized spacial score (nSPS) is 18.2. The van der Waals surface area contributed by atoms with Gasteiger partial charge in [0.05, 0.1) is 22.3 Å². The first kappa shape index (κ1) is 16.1. The maximum atomic E-state index is 11.7. The van der Waals surface area contributed by atoms with E-state index in [9.17, 15) is 9.90 Å². The molecular formula is C18H20N4O2S. The molecule has 0 saturated carbocycles. The monoisotopic (exact) mass is 356 g/mol. The molecule has 25 heavy (non-hydrogen) atoms. The number of aliphatic hydroxyl groups excluding tert-OH is 1. The van der Waals surface area contributed by atoms with E-state index in [2.05, 4.69) is 4.98 Å². The van der Waals surface area contributed by atoms with Crippen LogP contribution in [0.1, 0.15) is 24.3 Å². The Balaban J connectivity index is 1.43. The smallest absolute Gasteiger partial charge is 0.222 e. The van der Waals surface area contributed by atoms with Gasteiger partial charge in [-0.05, 0) is 25.0 Å². The van der Waals surface area contributed by atoms with Crippen molar-refractivity contribution in [1.29, 1.82) is 5.41 Å². The van der Waals surface area contributed by atoms with E-state index >= 15 is 0 Å². The van der Waals surface area contributed by atoms with E-state index in [-0.39, 0.29) is 11.7 Å². The van der Waals surface area contributed by atoms with Crippen LogP contribution in [-0.4, -0.2) is 57.8 Å². The molecule has 2 aliphatic heterocycles. The highest BCUT2D eigenvalue weighted by Gasteiger charge is 2.30.